The van der Waals surface area contributed by atoms with Crippen LogP contribution in [-0.2, 0) is 0 Å². The molecule has 0 unspecified atom stereocenters. The first-order chi connectivity index (χ1) is 6.72. The fourth-order valence-electron chi connectivity index (χ4n) is 1.10. The standard InChI is InChI=1S/C7H8ClN5O/c1-2-13(8)7-11-5-4(6(14)12-7)9-3-10-5/h3H,2H2,1H3,(H2,9,10,11,12,14). The van der Waals surface area contributed by atoms with E-state index < -0.39 is 0 Å². The lowest BCUT2D eigenvalue weighted by Gasteiger charge is -2.09. The maximum atomic E-state index is 11.4. The van der Waals surface area contributed by atoms with Crippen molar-refractivity contribution in [1.29, 1.82) is 0 Å². The van der Waals surface area contributed by atoms with Gasteiger partial charge in [-0.3, -0.25) is 14.2 Å². The molecule has 2 N–H and O–H groups in total. The van der Waals surface area contributed by atoms with Crippen LogP contribution >= 0.6 is 11.8 Å². The number of rotatable bonds is 2. The molecule has 0 amide bonds. The zero-order chi connectivity index (χ0) is 10.1. The Balaban J connectivity index is 2.64. The minimum absolute atomic E-state index is 0.276. The van der Waals surface area contributed by atoms with Crippen molar-refractivity contribution in [3.8, 4) is 0 Å². The van der Waals surface area contributed by atoms with Gasteiger partial charge in [-0.15, -0.1) is 0 Å². The van der Waals surface area contributed by atoms with Crippen molar-refractivity contribution >= 4 is 28.9 Å². The molecule has 0 aliphatic carbocycles. The number of anilines is 1. The van der Waals surface area contributed by atoms with E-state index in [1.165, 1.54) is 10.7 Å². The Morgan fingerprint density at radius 1 is 1.64 bits per heavy atom. The monoisotopic (exact) mass is 213 g/mol. The first kappa shape index (κ1) is 9.01. The molecule has 0 aromatic carbocycles. The number of H-pyrrole nitrogens is 2. The van der Waals surface area contributed by atoms with Crippen LogP contribution in [0.3, 0.4) is 0 Å². The van der Waals surface area contributed by atoms with E-state index in [2.05, 4.69) is 19.9 Å². The van der Waals surface area contributed by atoms with Crippen molar-refractivity contribution in [3.63, 3.8) is 0 Å². The van der Waals surface area contributed by atoms with E-state index in [1.807, 2.05) is 6.92 Å². The van der Waals surface area contributed by atoms with Gasteiger partial charge in [-0.25, -0.2) is 4.98 Å². The molecule has 2 heterocycles. The van der Waals surface area contributed by atoms with Gasteiger partial charge in [0.25, 0.3) is 5.56 Å². The summed E-state index contributed by atoms with van der Waals surface area (Å²) in [5.74, 6) is 0.304. The zero-order valence-corrected chi connectivity index (χ0v) is 8.17. The molecule has 0 radical (unpaired) electrons. The molecule has 0 aliphatic rings. The van der Waals surface area contributed by atoms with Gasteiger partial charge in [0.1, 0.15) is 0 Å². The lowest BCUT2D eigenvalue weighted by atomic mass is 10.5. The summed E-state index contributed by atoms with van der Waals surface area (Å²) in [7, 11) is 0. The SMILES string of the molecule is CCN(Cl)c1nc2nc[nH]c2c(=O)[nH]1. The Kier molecular flexibility index (Phi) is 2.12. The normalized spacial score (nSPS) is 10.7. The molecular weight excluding hydrogens is 206 g/mol. The molecule has 0 atom stereocenters. The van der Waals surface area contributed by atoms with Crippen molar-refractivity contribution in [2.45, 2.75) is 6.92 Å². The Morgan fingerprint density at radius 2 is 2.43 bits per heavy atom. The summed E-state index contributed by atoms with van der Waals surface area (Å²) in [6.07, 6.45) is 1.42. The van der Waals surface area contributed by atoms with Crippen LogP contribution in [-0.4, -0.2) is 26.5 Å². The summed E-state index contributed by atoms with van der Waals surface area (Å²) >= 11 is 5.79. The zero-order valence-electron chi connectivity index (χ0n) is 7.41. The van der Waals surface area contributed by atoms with Crippen molar-refractivity contribution in [2.75, 3.05) is 11.0 Å². The molecule has 0 bridgehead atoms. The fraction of sp³-hybridized carbons (Fsp3) is 0.286. The Hall–Kier alpha value is -1.56. The highest BCUT2D eigenvalue weighted by atomic mass is 35.5. The van der Waals surface area contributed by atoms with Crippen LogP contribution in [0.15, 0.2) is 11.1 Å². The average Bonchev–Trinajstić information content (AvgIpc) is 2.64. The highest BCUT2D eigenvalue weighted by molar-refractivity contribution is 6.25. The van der Waals surface area contributed by atoms with Gasteiger partial charge in [0, 0.05) is 18.3 Å². The van der Waals surface area contributed by atoms with E-state index in [0.717, 1.165) is 0 Å². The van der Waals surface area contributed by atoms with Crippen LogP contribution in [0, 0.1) is 0 Å². The highest BCUT2D eigenvalue weighted by Gasteiger charge is 2.08. The second kappa shape index (κ2) is 3.30. The minimum atomic E-state index is -0.276. The number of aromatic amines is 2. The number of imidazole rings is 1. The maximum absolute atomic E-state index is 11.4. The molecule has 2 aromatic rings. The van der Waals surface area contributed by atoms with E-state index in [-0.39, 0.29) is 5.56 Å². The third-order valence-corrected chi connectivity index (χ3v) is 2.19. The Labute approximate surface area is 84.0 Å². The van der Waals surface area contributed by atoms with Crippen LogP contribution in [0.4, 0.5) is 5.95 Å². The molecule has 2 rings (SSSR count). The highest BCUT2D eigenvalue weighted by Crippen LogP contribution is 2.09. The second-order valence-corrected chi connectivity index (χ2v) is 3.08. The fourth-order valence-corrected chi connectivity index (χ4v) is 1.18. The largest absolute Gasteiger partial charge is 0.339 e. The molecule has 7 heteroatoms. The molecule has 74 valence electrons. The van der Waals surface area contributed by atoms with Gasteiger partial charge in [-0.1, -0.05) is 0 Å². The first-order valence-corrected chi connectivity index (χ1v) is 4.43. The van der Waals surface area contributed by atoms with Gasteiger partial charge in [0.15, 0.2) is 11.2 Å². The quantitative estimate of drug-likeness (QED) is 0.718. The van der Waals surface area contributed by atoms with E-state index in [1.54, 1.807) is 0 Å². The molecule has 0 aliphatic heterocycles. The average molecular weight is 214 g/mol. The number of halogens is 1. The summed E-state index contributed by atoms with van der Waals surface area (Å²) in [4.78, 5) is 24.6. The van der Waals surface area contributed by atoms with Crippen LogP contribution in [0.1, 0.15) is 6.92 Å². The molecule has 2 aromatic heterocycles. The molecule has 0 fully saturated rings. The number of nitrogens with one attached hydrogen (secondary N) is 2. The minimum Gasteiger partial charge on any atom is -0.339 e. The summed E-state index contributed by atoms with van der Waals surface area (Å²) in [5.41, 5.74) is 0.444. The summed E-state index contributed by atoms with van der Waals surface area (Å²) in [5, 5.41) is 0. The topological polar surface area (TPSA) is 77.7 Å². The molecule has 6 nitrogen and oxygen atoms in total. The second-order valence-electron chi connectivity index (χ2n) is 2.67. The van der Waals surface area contributed by atoms with E-state index in [0.29, 0.717) is 23.7 Å². The number of hydrogen-bond donors (Lipinski definition) is 2. The number of nitrogens with zero attached hydrogens (tertiary/aromatic N) is 3. The summed E-state index contributed by atoms with van der Waals surface area (Å²) in [6, 6.07) is 0. The lowest BCUT2D eigenvalue weighted by molar-refractivity contribution is 1.00. The Bertz CT molecular complexity index is 504. The van der Waals surface area contributed by atoms with Gasteiger partial charge < -0.3 is 4.98 Å². The van der Waals surface area contributed by atoms with Crippen LogP contribution in [0.25, 0.3) is 11.2 Å². The van der Waals surface area contributed by atoms with Crippen LogP contribution < -0.4 is 9.98 Å². The molecule has 0 spiro atoms. The van der Waals surface area contributed by atoms with Crippen molar-refractivity contribution in [2.24, 2.45) is 0 Å². The van der Waals surface area contributed by atoms with Crippen LogP contribution in [0.2, 0.25) is 0 Å². The summed E-state index contributed by atoms with van der Waals surface area (Å²) in [6.45, 7) is 2.39. The molecular formula is C7H8ClN5O. The van der Waals surface area contributed by atoms with Gasteiger partial charge in [-0.05, 0) is 6.92 Å². The smallest absolute Gasteiger partial charge is 0.278 e. The number of fused-ring (bicyclic) bond motifs is 1. The van der Waals surface area contributed by atoms with E-state index in [9.17, 15) is 4.79 Å². The molecule has 0 saturated heterocycles. The lowest BCUT2D eigenvalue weighted by Crippen LogP contribution is -2.18. The molecule has 14 heavy (non-hydrogen) atoms. The Morgan fingerprint density at radius 3 is 3.14 bits per heavy atom. The van der Waals surface area contributed by atoms with E-state index in [4.69, 9.17) is 11.8 Å². The predicted molar refractivity (Wildman–Crippen MR) is 53.4 cm³/mol. The number of aromatic nitrogens is 4. The van der Waals surface area contributed by atoms with Crippen molar-refractivity contribution in [1.82, 2.24) is 19.9 Å². The molecule has 0 saturated carbocycles. The first-order valence-electron chi connectivity index (χ1n) is 4.09. The predicted octanol–water partition coefficient (Wildman–Crippen LogP) is 0.626. The van der Waals surface area contributed by atoms with E-state index >= 15 is 0 Å². The third kappa shape index (κ3) is 1.33. The van der Waals surface area contributed by atoms with Gasteiger partial charge >= 0.3 is 0 Å². The maximum Gasteiger partial charge on any atom is 0.278 e. The van der Waals surface area contributed by atoms with Crippen molar-refractivity contribution in [3.05, 3.63) is 16.7 Å². The van der Waals surface area contributed by atoms with Gasteiger partial charge in [0.2, 0.25) is 5.95 Å². The number of hydrogen-bond acceptors (Lipinski definition) is 4. The summed E-state index contributed by atoms with van der Waals surface area (Å²) < 4.78 is 1.32. The van der Waals surface area contributed by atoms with Crippen LogP contribution in [0.5, 0.6) is 0 Å². The van der Waals surface area contributed by atoms with Gasteiger partial charge in [-0.2, -0.15) is 4.98 Å². The van der Waals surface area contributed by atoms with Gasteiger partial charge in [0.05, 0.1) is 6.33 Å². The van der Waals surface area contributed by atoms with Crippen molar-refractivity contribution < 1.29 is 0 Å². The third-order valence-electron chi connectivity index (χ3n) is 1.79.